The maximum Gasteiger partial charge on any atom is 0.494 e. The Kier molecular flexibility index (Phi) is 11.9. The number of ether oxygens (including phenoxy) is 4. The van der Waals surface area contributed by atoms with Crippen molar-refractivity contribution in [3.8, 4) is 45.3 Å². The summed E-state index contributed by atoms with van der Waals surface area (Å²) in [5.74, 6) is 4.78. The van der Waals surface area contributed by atoms with Gasteiger partial charge in [-0.25, -0.2) is 0 Å². The van der Waals surface area contributed by atoms with Gasteiger partial charge in [0.25, 0.3) is 0 Å². The summed E-state index contributed by atoms with van der Waals surface area (Å²) in [4.78, 5) is 0. The topological polar surface area (TPSA) is 55.4 Å². The van der Waals surface area contributed by atoms with Crippen LogP contribution in [0.25, 0.3) is 22.3 Å². The van der Waals surface area contributed by atoms with Crippen molar-refractivity contribution in [1.82, 2.24) is 0 Å². The maximum absolute atomic E-state index is 6.77. The molecule has 0 bridgehead atoms. The Morgan fingerprint density at radius 1 is 0.509 bits per heavy atom. The number of aryl methyl sites for hydroxylation is 1. The summed E-state index contributed by atoms with van der Waals surface area (Å²) in [5.41, 5.74) is 11.1. The third kappa shape index (κ3) is 7.39. The van der Waals surface area contributed by atoms with E-state index < -0.39 is 12.5 Å². The summed E-state index contributed by atoms with van der Waals surface area (Å²) in [6.07, 6.45) is 4.16. The molecule has 0 aromatic heterocycles. The van der Waals surface area contributed by atoms with Gasteiger partial charge in [0.15, 0.2) is 23.0 Å². The number of rotatable bonds is 17. The molecule has 1 fully saturated rings. The van der Waals surface area contributed by atoms with Crippen molar-refractivity contribution in [2.75, 3.05) is 39.6 Å². The Labute approximate surface area is 330 Å². The van der Waals surface area contributed by atoms with Crippen LogP contribution in [0.2, 0.25) is 0 Å². The molecule has 0 N–H and O–H groups in total. The van der Waals surface area contributed by atoms with Crippen LogP contribution in [0.5, 0.6) is 23.0 Å². The van der Waals surface area contributed by atoms with E-state index in [0.717, 1.165) is 65.3 Å². The fraction of sp³-hybridized carbons (Fsp3) is 0.500. The first-order valence-corrected chi connectivity index (χ1v) is 21.0. The average Bonchev–Trinajstić information content (AvgIpc) is 3.91. The fourth-order valence-electron chi connectivity index (χ4n) is 7.92. The Morgan fingerprint density at radius 3 is 1.33 bits per heavy atom. The lowest BCUT2D eigenvalue weighted by atomic mass is 9.68. The van der Waals surface area contributed by atoms with Crippen molar-refractivity contribution in [2.24, 2.45) is 23.7 Å². The molecule has 1 aliphatic heterocycles. The first-order valence-electron chi connectivity index (χ1n) is 21.0. The second-order valence-electron chi connectivity index (χ2n) is 16.7. The maximum atomic E-state index is 6.77. The van der Waals surface area contributed by atoms with Crippen LogP contribution in [-0.4, -0.2) is 46.8 Å². The molecule has 0 radical (unpaired) electrons. The van der Waals surface area contributed by atoms with E-state index in [-0.39, 0.29) is 0 Å². The van der Waals surface area contributed by atoms with Gasteiger partial charge < -0.3 is 28.3 Å². The van der Waals surface area contributed by atoms with Crippen LogP contribution in [0.4, 0.5) is 0 Å². The molecular formula is C48H61BO6. The third-order valence-corrected chi connectivity index (χ3v) is 12.4. The first kappa shape index (κ1) is 39.3. The van der Waals surface area contributed by atoms with Gasteiger partial charge in [-0.15, -0.1) is 0 Å². The molecular weight excluding hydrogens is 683 g/mol. The molecule has 2 aliphatic carbocycles. The molecule has 7 rings (SSSR count). The van der Waals surface area contributed by atoms with E-state index in [9.17, 15) is 0 Å². The molecule has 7 heteroatoms. The van der Waals surface area contributed by atoms with Gasteiger partial charge in [0, 0.05) is 0 Å². The van der Waals surface area contributed by atoms with Crippen LogP contribution in [-0.2, 0) is 14.7 Å². The average molecular weight is 745 g/mol. The van der Waals surface area contributed by atoms with Gasteiger partial charge in [-0.3, -0.25) is 0 Å². The zero-order chi connectivity index (χ0) is 38.9. The van der Waals surface area contributed by atoms with E-state index in [0.29, 0.717) is 63.3 Å². The van der Waals surface area contributed by atoms with E-state index in [1.165, 1.54) is 38.9 Å². The highest BCUT2D eigenvalue weighted by Crippen LogP contribution is 2.65. The first-order chi connectivity index (χ1) is 26.6. The van der Waals surface area contributed by atoms with Crippen molar-refractivity contribution < 1.29 is 28.3 Å². The molecule has 4 aromatic carbocycles. The lowest BCUT2D eigenvalue weighted by Gasteiger charge is -2.32. The fourth-order valence-corrected chi connectivity index (χ4v) is 7.92. The Bertz CT molecular complexity index is 1900. The summed E-state index contributed by atoms with van der Waals surface area (Å²) in [7, 11) is -0.398. The molecule has 0 amide bonds. The van der Waals surface area contributed by atoms with Gasteiger partial charge in [-0.1, -0.05) is 123 Å². The summed E-state index contributed by atoms with van der Waals surface area (Å²) in [6, 6.07) is 22.8. The quantitative estimate of drug-likeness (QED) is 0.0867. The Morgan fingerprint density at radius 2 is 0.891 bits per heavy atom. The summed E-state index contributed by atoms with van der Waals surface area (Å²) >= 11 is 0. The van der Waals surface area contributed by atoms with Crippen LogP contribution in [0.15, 0.2) is 60.7 Å². The number of hydrogen-bond donors (Lipinski definition) is 0. The molecule has 1 spiro atoms. The van der Waals surface area contributed by atoms with Crippen molar-refractivity contribution in [1.29, 1.82) is 0 Å². The molecule has 4 atom stereocenters. The predicted molar refractivity (Wildman–Crippen MR) is 225 cm³/mol. The molecule has 292 valence electrons. The molecule has 1 saturated heterocycles. The minimum absolute atomic E-state index is 0.398. The normalized spacial score (nSPS) is 18.7. The van der Waals surface area contributed by atoms with Crippen molar-refractivity contribution in [3.05, 3.63) is 88.5 Å². The monoisotopic (exact) mass is 744 g/mol. The van der Waals surface area contributed by atoms with Crippen molar-refractivity contribution in [2.45, 2.75) is 93.4 Å². The molecule has 0 saturated carbocycles. The van der Waals surface area contributed by atoms with Gasteiger partial charge >= 0.3 is 7.12 Å². The summed E-state index contributed by atoms with van der Waals surface area (Å²) in [5, 5.41) is 0. The van der Waals surface area contributed by atoms with Crippen LogP contribution < -0.4 is 24.4 Å². The van der Waals surface area contributed by atoms with Gasteiger partial charge in [0.05, 0.1) is 45.1 Å². The molecule has 4 unspecified atom stereocenters. The number of benzene rings is 4. The van der Waals surface area contributed by atoms with Crippen LogP contribution in [0.1, 0.15) is 109 Å². The van der Waals surface area contributed by atoms with Gasteiger partial charge in [-0.05, 0) is 105 Å². The summed E-state index contributed by atoms with van der Waals surface area (Å²) < 4.78 is 39.2. The number of fused-ring (bicyclic) bond motifs is 10. The summed E-state index contributed by atoms with van der Waals surface area (Å²) in [6.45, 7) is 23.7. The Hall–Kier alpha value is -3.94. The predicted octanol–water partition coefficient (Wildman–Crippen LogP) is 10.8. The van der Waals surface area contributed by atoms with Crippen LogP contribution in [0, 0.1) is 30.6 Å². The lowest BCUT2D eigenvalue weighted by Crippen LogP contribution is -2.34. The highest BCUT2D eigenvalue weighted by molar-refractivity contribution is 6.61. The van der Waals surface area contributed by atoms with Gasteiger partial charge in [0.2, 0.25) is 0 Å². The van der Waals surface area contributed by atoms with E-state index in [1.54, 1.807) is 0 Å². The zero-order valence-electron chi connectivity index (χ0n) is 34.7. The second kappa shape index (κ2) is 16.7. The zero-order valence-corrected chi connectivity index (χ0v) is 34.7. The van der Waals surface area contributed by atoms with Crippen LogP contribution in [0.3, 0.4) is 0 Å². The van der Waals surface area contributed by atoms with Crippen molar-refractivity contribution >= 4 is 12.6 Å². The largest absolute Gasteiger partial charge is 0.494 e. The highest BCUT2D eigenvalue weighted by atomic mass is 16.6. The standard InChI is InChI=1S/C48H61BO6/c1-10-30(5)26-50-44-22-38-39-23-45(51-27-31(6)11-2)47(53-29-33(8)13-4)25-43(39)48(42(38)24-46(44)52-28-32(7)12-3)40-20-34(9)14-16-36(40)37-17-15-35(21-41(37)48)49-54-18-19-55-49/h14-17,20-25,30-33H,10-13,18-19,26-29H2,1-9H3. The molecule has 3 aliphatic rings. The van der Waals surface area contributed by atoms with Gasteiger partial charge in [0.1, 0.15) is 0 Å². The van der Waals surface area contributed by atoms with E-state index >= 15 is 0 Å². The minimum Gasteiger partial charge on any atom is -0.489 e. The van der Waals surface area contributed by atoms with E-state index in [2.05, 4.69) is 123 Å². The van der Waals surface area contributed by atoms with E-state index in [1.807, 2.05) is 0 Å². The minimum atomic E-state index is -0.663. The molecule has 4 aromatic rings. The van der Waals surface area contributed by atoms with Crippen LogP contribution >= 0.6 is 0 Å². The number of hydrogen-bond acceptors (Lipinski definition) is 6. The third-order valence-electron chi connectivity index (χ3n) is 12.4. The highest BCUT2D eigenvalue weighted by Gasteiger charge is 2.53. The van der Waals surface area contributed by atoms with Gasteiger partial charge in [-0.2, -0.15) is 0 Å². The Balaban J connectivity index is 1.53. The smallest absolute Gasteiger partial charge is 0.489 e. The molecule has 6 nitrogen and oxygen atoms in total. The SMILES string of the molecule is CCC(C)COc1cc2c(cc1OCC(C)CC)C1(c3cc(C)ccc3-c3ccc(B4OCCO4)cc31)c1cc(OCC(C)CC)c(OCC(C)CC)cc1-2. The van der Waals surface area contributed by atoms with E-state index in [4.69, 9.17) is 28.3 Å². The molecule has 55 heavy (non-hydrogen) atoms. The molecule has 1 heterocycles. The lowest BCUT2D eigenvalue weighted by molar-refractivity contribution is 0.217. The van der Waals surface area contributed by atoms with Crippen molar-refractivity contribution in [3.63, 3.8) is 0 Å². The second-order valence-corrected chi connectivity index (χ2v) is 16.7.